The fraction of sp³-hybridized carbons (Fsp3) is 0. The summed E-state index contributed by atoms with van der Waals surface area (Å²) in [7, 11) is 0. The number of thiazole rings is 1. The molecule has 3 heterocycles. The Balaban J connectivity index is 1.04. The van der Waals surface area contributed by atoms with Gasteiger partial charge in [-0.1, -0.05) is 152 Å². The summed E-state index contributed by atoms with van der Waals surface area (Å²) in [4.78, 5) is 20.7. The van der Waals surface area contributed by atoms with Crippen molar-refractivity contribution in [2.45, 2.75) is 0 Å². The molecular formula is C52H30N4OS. The Labute approximate surface area is 336 Å². The van der Waals surface area contributed by atoms with E-state index in [4.69, 9.17) is 24.4 Å². The zero-order valence-corrected chi connectivity index (χ0v) is 31.7. The second-order valence-corrected chi connectivity index (χ2v) is 15.7. The molecule has 0 spiro atoms. The van der Waals surface area contributed by atoms with Crippen LogP contribution >= 0.6 is 11.3 Å². The summed E-state index contributed by atoms with van der Waals surface area (Å²) in [5, 5.41) is 9.95. The summed E-state index contributed by atoms with van der Waals surface area (Å²) < 4.78 is 7.63. The maximum atomic E-state index is 6.51. The highest BCUT2D eigenvalue weighted by atomic mass is 32.1. The minimum absolute atomic E-state index is 0.600. The third-order valence-electron chi connectivity index (χ3n) is 11.1. The maximum Gasteiger partial charge on any atom is 0.164 e. The Morgan fingerprint density at radius 1 is 0.362 bits per heavy atom. The van der Waals surface area contributed by atoms with E-state index in [0.29, 0.717) is 17.5 Å². The predicted molar refractivity (Wildman–Crippen MR) is 240 cm³/mol. The highest BCUT2D eigenvalue weighted by molar-refractivity contribution is 7.21. The van der Waals surface area contributed by atoms with Gasteiger partial charge in [-0.3, -0.25) is 0 Å². The van der Waals surface area contributed by atoms with E-state index >= 15 is 0 Å². The highest BCUT2D eigenvalue weighted by Crippen LogP contribution is 2.42. The maximum absolute atomic E-state index is 6.51. The van der Waals surface area contributed by atoms with Crippen LogP contribution in [-0.2, 0) is 0 Å². The number of hydrogen-bond donors (Lipinski definition) is 0. The molecule has 0 amide bonds. The van der Waals surface area contributed by atoms with Crippen molar-refractivity contribution in [3.05, 3.63) is 182 Å². The standard InChI is InChI=1S/C52H30N4OS/c1-2-11-36(12-3-1)52-53-48-45(58-52)28-27-44-47(48)46-42-30-39(24-20-34(42)25-26-43(46)57-44)51-55-49(54-50(56-51)38-23-17-31-9-4-5-13-37(31)29-38)35-21-18-33(19-22-35)41-16-8-14-32-10-6-7-15-40(32)41/h1-30H. The lowest BCUT2D eigenvalue weighted by Gasteiger charge is -2.11. The minimum Gasteiger partial charge on any atom is -0.456 e. The second kappa shape index (κ2) is 13.0. The van der Waals surface area contributed by atoms with Crippen molar-refractivity contribution in [3.63, 3.8) is 0 Å². The molecule has 0 aliphatic heterocycles. The van der Waals surface area contributed by atoms with Crippen LogP contribution in [0.2, 0.25) is 0 Å². The third-order valence-corrected chi connectivity index (χ3v) is 12.2. The first-order valence-corrected chi connectivity index (χ1v) is 20.1. The zero-order chi connectivity index (χ0) is 38.2. The lowest BCUT2D eigenvalue weighted by molar-refractivity contribution is 0.669. The highest BCUT2D eigenvalue weighted by Gasteiger charge is 2.19. The lowest BCUT2D eigenvalue weighted by atomic mass is 9.97. The van der Waals surface area contributed by atoms with Crippen LogP contribution in [0.4, 0.5) is 0 Å². The topological polar surface area (TPSA) is 64.7 Å². The number of furan rings is 1. The third kappa shape index (κ3) is 5.38. The van der Waals surface area contributed by atoms with Crippen molar-refractivity contribution in [2.24, 2.45) is 0 Å². The molecular weight excluding hydrogens is 729 g/mol. The van der Waals surface area contributed by atoms with Gasteiger partial charge in [-0.2, -0.15) is 0 Å². The molecule has 0 N–H and O–H groups in total. The fourth-order valence-electron chi connectivity index (χ4n) is 8.27. The fourth-order valence-corrected chi connectivity index (χ4v) is 9.25. The summed E-state index contributed by atoms with van der Waals surface area (Å²) in [6.07, 6.45) is 0. The van der Waals surface area contributed by atoms with Gasteiger partial charge in [-0.05, 0) is 73.8 Å². The number of benzene rings is 9. The number of rotatable bonds is 5. The molecule has 58 heavy (non-hydrogen) atoms. The van der Waals surface area contributed by atoms with Crippen LogP contribution in [0, 0.1) is 0 Å². The largest absolute Gasteiger partial charge is 0.456 e. The molecule has 5 nitrogen and oxygen atoms in total. The number of fused-ring (bicyclic) bond motifs is 9. The van der Waals surface area contributed by atoms with E-state index in [1.807, 2.05) is 6.07 Å². The molecule has 0 bridgehead atoms. The van der Waals surface area contributed by atoms with Gasteiger partial charge in [-0.15, -0.1) is 11.3 Å². The molecule has 12 rings (SSSR count). The van der Waals surface area contributed by atoms with Gasteiger partial charge < -0.3 is 4.42 Å². The van der Waals surface area contributed by atoms with Gasteiger partial charge in [0.05, 0.1) is 15.6 Å². The van der Waals surface area contributed by atoms with Crippen LogP contribution in [0.5, 0.6) is 0 Å². The molecule has 9 aromatic carbocycles. The molecule has 0 unspecified atom stereocenters. The lowest BCUT2D eigenvalue weighted by Crippen LogP contribution is -2.00. The molecule has 0 atom stereocenters. The Kier molecular flexibility index (Phi) is 7.33. The molecule has 0 fully saturated rings. The monoisotopic (exact) mass is 758 g/mol. The van der Waals surface area contributed by atoms with Crippen LogP contribution in [0.3, 0.4) is 0 Å². The average molecular weight is 759 g/mol. The summed E-state index contributed by atoms with van der Waals surface area (Å²) >= 11 is 1.70. The van der Waals surface area contributed by atoms with Crippen LogP contribution in [-0.4, -0.2) is 19.9 Å². The molecule has 6 heteroatoms. The Morgan fingerprint density at radius 3 is 1.78 bits per heavy atom. The summed E-state index contributed by atoms with van der Waals surface area (Å²) in [6, 6.07) is 63.5. The van der Waals surface area contributed by atoms with Crippen molar-refractivity contribution in [3.8, 4) is 55.9 Å². The van der Waals surface area contributed by atoms with Gasteiger partial charge in [0.25, 0.3) is 0 Å². The van der Waals surface area contributed by atoms with E-state index in [0.717, 1.165) is 81.1 Å². The van der Waals surface area contributed by atoms with E-state index in [-0.39, 0.29) is 0 Å². The van der Waals surface area contributed by atoms with Crippen molar-refractivity contribution >= 4 is 75.8 Å². The first-order chi connectivity index (χ1) is 28.7. The molecule has 0 radical (unpaired) electrons. The normalized spacial score (nSPS) is 11.8. The van der Waals surface area contributed by atoms with Crippen molar-refractivity contribution in [1.29, 1.82) is 0 Å². The zero-order valence-electron chi connectivity index (χ0n) is 30.9. The van der Waals surface area contributed by atoms with Crippen LogP contribution < -0.4 is 0 Å². The molecule has 0 aliphatic carbocycles. The smallest absolute Gasteiger partial charge is 0.164 e. The number of nitrogens with zero attached hydrogens (tertiary/aromatic N) is 4. The van der Waals surface area contributed by atoms with E-state index in [9.17, 15) is 0 Å². The molecule has 0 saturated carbocycles. The van der Waals surface area contributed by atoms with Gasteiger partial charge >= 0.3 is 0 Å². The molecule has 3 aromatic heterocycles. The van der Waals surface area contributed by atoms with Crippen LogP contribution in [0.15, 0.2) is 186 Å². The molecule has 0 aliphatic rings. The van der Waals surface area contributed by atoms with Gasteiger partial charge in [0, 0.05) is 27.6 Å². The van der Waals surface area contributed by atoms with Crippen LogP contribution in [0.25, 0.3) is 120 Å². The van der Waals surface area contributed by atoms with E-state index < -0.39 is 0 Å². The summed E-state index contributed by atoms with van der Waals surface area (Å²) in [5.41, 5.74) is 8.76. The van der Waals surface area contributed by atoms with Gasteiger partial charge in [0.15, 0.2) is 17.5 Å². The van der Waals surface area contributed by atoms with Gasteiger partial charge in [0.2, 0.25) is 0 Å². The SMILES string of the molecule is c1ccc(-c2nc3c(ccc4oc5ccc6ccc(-c7nc(-c8ccc(-c9cccc%10ccccc9%10)cc8)nc(-c8ccc9ccccc9c8)n7)cc6c5c43)s2)cc1. The minimum atomic E-state index is 0.600. The first-order valence-electron chi connectivity index (χ1n) is 19.3. The number of hydrogen-bond acceptors (Lipinski definition) is 6. The van der Waals surface area contributed by atoms with Crippen molar-refractivity contribution in [1.82, 2.24) is 19.9 Å². The number of aromatic nitrogens is 4. The first kappa shape index (κ1) is 32.7. The Hall–Kier alpha value is -7.54. The Morgan fingerprint density at radius 2 is 0.948 bits per heavy atom. The van der Waals surface area contributed by atoms with Gasteiger partial charge in [-0.25, -0.2) is 19.9 Å². The van der Waals surface area contributed by atoms with Gasteiger partial charge in [0.1, 0.15) is 16.2 Å². The average Bonchev–Trinajstić information content (AvgIpc) is 3.91. The predicted octanol–water partition coefficient (Wildman–Crippen LogP) is 14.2. The van der Waals surface area contributed by atoms with Crippen molar-refractivity contribution < 1.29 is 4.42 Å². The summed E-state index contributed by atoms with van der Waals surface area (Å²) in [6.45, 7) is 0. The quantitative estimate of drug-likeness (QED) is 0.175. The van der Waals surface area contributed by atoms with E-state index in [2.05, 4.69) is 176 Å². The van der Waals surface area contributed by atoms with Crippen LogP contribution in [0.1, 0.15) is 0 Å². The molecule has 270 valence electrons. The Bertz CT molecular complexity index is 3570. The molecule has 12 aromatic rings. The van der Waals surface area contributed by atoms with Crippen molar-refractivity contribution in [2.75, 3.05) is 0 Å². The van der Waals surface area contributed by atoms with E-state index in [1.54, 1.807) is 11.3 Å². The molecule has 0 saturated heterocycles. The summed E-state index contributed by atoms with van der Waals surface area (Å²) in [5.74, 6) is 1.83. The second-order valence-electron chi connectivity index (χ2n) is 14.6. The van der Waals surface area contributed by atoms with E-state index in [1.165, 1.54) is 21.7 Å².